The molecule has 0 aliphatic rings. The first-order valence-electron chi connectivity index (χ1n) is 5.94. The number of nitrogens with zero attached hydrogens (tertiary/aromatic N) is 1. The minimum Gasteiger partial charge on any atom is -0.506 e. The number of carbonyl (C=O) groups is 1. The predicted molar refractivity (Wildman–Crippen MR) is 78.9 cm³/mol. The standard InChI is InChI=1S/C14H11ClN2O4/c1-8-3-2-4-10(13(8)15)14(19)16-11-7-9(17(20)21)5-6-12(11)18/h2-7,18H,1H3,(H,16,19). The smallest absolute Gasteiger partial charge is 0.271 e. The van der Waals surface area contributed by atoms with Gasteiger partial charge in [0, 0.05) is 12.1 Å². The zero-order chi connectivity index (χ0) is 15.6. The van der Waals surface area contributed by atoms with Crippen molar-refractivity contribution < 1.29 is 14.8 Å². The number of benzene rings is 2. The fraction of sp³-hybridized carbons (Fsp3) is 0.0714. The van der Waals surface area contributed by atoms with Gasteiger partial charge < -0.3 is 10.4 Å². The highest BCUT2D eigenvalue weighted by Crippen LogP contribution is 2.29. The Bertz CT molecular complexity index is 731. The largest absolute Gasteiger partial charge is 0.506 e. The maximum Gasteiger partial charge on any atom is 0.271 e. The lowest BCUT2D eigenvalue weighted by Crippen LogP contribution is -2.13. The number of nitro groups is 1. The van der Waals surface area contributed by atoms with Gasteiger partial charge in [0.15, 0.2) is 0 Å². The van der Waals surface area contributed by atoms with Crippen LogP contribution in [0.1, 0.15) is 15.9 Å². The number of nitrogens with one attached hydrogen (secondary N) is 1. The van der Waals surface area contributed by atoms with Gasteiger partial charge in [0.25, 0.3) is 11.6 Å². The van der Waals surface area contributed by atoms with Gasteiger partial charge in [0.05, 0.1) is 21.2 Å². The van der Waals surface area contributed by atoms with Gasteiger partial charge in [-0.3, -0.25) is 14.9 Å². The summed E-state index contributed by atoms with van der Waals surface area (Å²) in [5.41, 5.74) is 0.667. The molecular formula is C14H11ClN2O4. The number of carbonyl (C=O) groups excluding carboxylic acids is 1. The van der Waals surface area contributed by atoms with E-state index in [4.69, 9.17) is 11.6 Å². The number of anilines is 1. The van der Waals surface area contributed by atoms with Gasteiger partial charge in [-0.15, -0.1) is 0 Å². The van der Waals surface area contributed by atoms with Crippen molar-refractivity contribution in [3.8, 4) is 5.75 Å². The Morgan fingerprint density at radius 2 is 2.05 bits per heavy atom. The Balaban J connectivity index is 2.33. The third kappa shape index (κ3) is 3.11. The van der Waals surface area contributed by atoms with E-state index in [-0.39, 0.29) is 22.7 Å². The first kappa shape index (κ1) is 14.8. The Morgan fingerprint density at radius 1 is 1.33 bits per heavy atom. The number of non-ortho nitro benzene ring substituents is 1. The van der Waals surface area contributed by atoms with Crippen LogP contribution in [-0.4, -0.2) is 15.9 Å². The number of hydrogen-bond acceptors (Lipinski definition) is 4. The molecule has 0 heterocycles. The van der Waals surface area contributed by atoms with Gasteiger partial charge in [-0.05, 0) is 24.6 Å². The summed E-state index contributed by atoms with van der Waals surface area (Å²) >= 11 is 6.04. The predicted octanol–water partition coefficient (Wildman–Crippen LogP) is 3.51. The van der Waals surface area contributed by atoms with Crippen molar-refractivity contribution >= 4 is 28.9 Å². The highest BCUT2D eigenvalue weighted by Gasteiger charge is 2.16. The van der Waals surface area contributed by atoms with E-state index in [0.717, 1.165) is 23.8 Å². The first-order valence-corrected chi connectivity index (χ1v) is 6.32. The van der Waals surface area contributed by atoms with Gasteiger partial charge in [0.1, 0.15) is 5.75 Å². The second kappa shape index (κ2) is 5.80. The molecule has 0 aromatic heterocycles. The summed E-state index contributed by atoms with van der Waals surface area (Å²) in [4.78, 5) is 22.2. The van der Waals surface area contributed by atoms with Crippen LogP contribution in [0, 0.1) is 17.0 Å². The van der Waals surface area contributed by atoms with Crippen LogP contribution in [-0.2, 0) is 0 Å². The van der Waals surface area contributed by atoms with E-state index in [9.17, 15) is 20.0 Å². The molecule has 2 aromatic carbocycles. The number of rotatable bonds is 3. The lowest BCUT2D eigenvalue weighted by molar-refractivity contribution is -0.384. The average molecular weight is 307 g/mol. The molecule has 0 radical (unpaired) electrons. The third-order valence-corrected chi connectivity index (χ3v) is 3.38. The lowest BCUT2D eigenvalue weighted by Gasteiger charge is -2.09. The van der Waals surface area contributed by atoms with Crippen molar-refractivity contribution in [1.29, 1.82) is 0 Å². The summed E-state index contributed by atoms with van der Waals surface area (Å²) in [6.07, 6.45) is 0. The summed E-state index contributed by atoms with van der Waals surface area (Å²) in [5, 5.41) is 23.1. The van der Waals surface area contributed by atoms with Crippen LogP contribution in [0.15, 0.2) is 36.4 Å². The molecular weight excluding hydrogens is 296 g/mol. The van der Waals surface area contributed by atoms with Crippen LogP contribution in [0.2, 0.25) is 5.02 Å². The van der Waals surface area contributed by atoms with Crippen LogP contribution in [0.3, 0.4) is 0 Å². The SMILES string of the molecule is Cc1cccc(C(=O)Nc2cc([N+](=O)[O-])ccc2O)c1Cl. The van der Waals surface area contributed by atoms with Crippen LogP contribution >= 0.6 is 11.6 Å². The fourth-order valence-electron chi connectivity index (χ4n) is 1.75. The number of aromatic hydroxyl groups is 1. The number of nitro benzene ring substituents is 1. The number of aryl methyl sites for hydroxylation is 1. The molecule has 7 heteroatoms. The van der Waals surface area contributed by atoms with Crippen LogP contribution in [0.4, 0.5) is 11.4 Å². The molecule has 2 N–H and O–H groups in total. The molecule has 0 fully saturated rings. The molecule has 2 rings (SSSR count). The number of halogens is 1. The molecule has 108 valence electrons. The molecule has 0 saturated carbocycles. The summed E-state index contributed by atoms with van der Waals surface area (Å²) in [7, 11) is 0. The summed E-state index contributed by atoms with van der Waals surface area (Å²) in [6.45, 7) is 1.75. The van der Waals surface area contributed by atoms with Crippen molar-refractivity contribution in [3.63, 3.8) is 0 Å². The normalized spacial score (nSPS) is 10.2. The van der Waals surface area contributed by atoms with E-state index < -0.39 is 10.8 Å². The molecule has 21 heavy (non-hydrogen) atoms. The van der Waals surface area contributed by atoms with E-state index in [1.165, 1.54) is 6.07 Å². The molecule has 0 atom stereocenters. The van der Waals surface area contributed by atoms with Gasteiger partial charge in [0.2, 0.25) is 0 Å². The minimum atomic E-state index is -0.616. The lowest BCUT2D eigenvalue weighted by atomic mass is 10.1. The Kier molecular flexibility index (Phi) is 4.09. The van der Waals surface area contributed by atoms with Crippen molar-refractivity contribution in [1.82, 2.24) is 0 Å². The highest BCUT2D eigenvalue weighted by molar-refractivity contribution is 6.35. The quantitative estimate of drug-likeness (QED) is 0.515. The molecule has 0 unspecified atom stereocenters. The highest BCUT2D eigenvalue weighted by atomic mass is 35.5. The molecule has 6 nitrogen and oxygen atoms in total. The van der Waals surface area contributed by atoms with Crippen molar-refractivity contribution in [3.05, 3.63) is 62.7 Å². The van der Waals surface area contributed by atoms with Crippen molar-refractivity contribution in [2.45, 2.75) is 6.92 Å². The maximum atomic E-state index is 12.1. The molecule has 0 saturated heterocycles. The second-order valence-corrected chi connectivity index (χ2v) is 4.73. The zero-order valence-electron chi connectivity index (χ0n) is 11.0. The molecule has 0 bridgehead atoms. The molecule has 0 spiro atoms. The van der Waals surface area contributed by atoms with Gasteiger partial charge in [-0.25, -0.2) is 0 Å². The van der Waals surface area contributed by atoms with E-state index in [0.29, 0.717) is 5.02 Å². The second-order valence-electron chi connectivity index (χ2n) is 4.35. The van der Waals surface area contributed by atoms with Gasteiger partial charge in [-0.2, -0.15) is 0 Å². The Labute approximate surface area is 125 Å². The number of phenols is 1. The van der Waals surface area contributed by atoms with E-state index >= 15 is 0 Å². The molecule has 2 aromatic rings. The maximum absolute atomic E-state index is 12.1. The monoisotopic (exact) mass is 306 g/mol. The number of phenolic OH excluding ortho intramolecular Hbond substituents is 1. The Morgan fingerprint density at radius 3 is 2.71 bits per heavy atom. The van der Waals surface area contributed by atoms with Gasteiger partial charge in [-0.1, -0.05) is 23.7 Å². The van der Waals surface area contributed by atoms with Crippen LogP contribution < -0.4 is 5.32 Å². The summed E-state index contributed by atoms with van der Waals surface area (Å²) in [5.74, 6) is -0.822. The fourth-order valence-corrected chi connectivity index (χ4v) is 1.96. The molecule has 0 aliphatic carbocycles. The molecule has 1 amide bonds. The topological polar surface area (TPSA) is 92.5 Å². The average Bonchev–Trinajstić information content (AvgIpc) is 2.43. The first-order chi connectivity index (χ1) is 9.90. The zero-order valence-corrected chi connectivity index (χ0v) is 11.7. The van der Waals surface area contributed by atoms with Crippen LogP contribution in [0.5, 0.6) is 5.75 Å². The third-order valence-electron chi connectivity index (χ3n) is 2.88. The van der Waals surface area contributed by atoms with Crippen molar-refractivity contribution in [2.75, 3.05) is 5.32 Å². The number of amides is 1. The molecule has 0 aliphatic heterocycles. The summed E-state index contributed by atoms with van der Waals surface area (Å²) < 4.78 is 0. The Hall–Kier alpha value is -2.60. The minimum absolute atomic E-state index is 0.0493. The number of hydrogen-bond donors (Lipinski definition) is 2. The van der Waals surface area contributed by atoms with E-state index in [2.05, 4.69) is 5.32 Å². The van der Waals surface area contributed by atoms with Crippen LogP contribution in [0.25, 0.3) is 0 Å². The van der Waals surface area contributed by atoms with Crippen molar-refractivity contribution in [2.24, 2.45) is 0 Å². The van der Waals surface area contributed by atoms with Gasteiger partial charge >= 0.3 is 0 Å². The summed E-state index contributed by atoms with van der Waals surface area (Å²) in [6, 6.07) is 8.32. The van der Waals surface area contributed by atoms with E-state index in [1.807, 2.05) is 0 Å². The van der Waals surface area contributed by atoms with E-state index in [1.54, 1.807) is 19.1 Å².